The maximum Gasteiger partial charge on any atom is 0.224 e. The van der Waals surface area contributed by atoms with E-state index in [1.165, 1.54) is 5.56 Å². The van der Waals surface area contributed by atoms with Gasteiger partial charge in [-0.3, -0.25) is 4.79 Å². The molecule has 112 valence electrons. The number of likely N-dealkylation sites (N-methyl/N-ethyl adjacent to an activating group) is 1. The molecule has 0 atom stereocenters. The van der Waals surface area contributed by atoms with Crippen LogP contribution in [-0.4, -0.2) is 56.0 Å². The Morgan fingerprint density at radius 3 is 2.45 bits per heavy atom. The van der Waals surface area contributed by atoms with Crippen molar-refractivity contribution in [2.45, 2.75) is 19.9 Å². The minimum atomic E-state index is 0.216. The van der Waals surface area contributed by atoms with Crippen LogP contribution < -0.4 is 5.32 Å². The molecule has 0 saturated heterocycles. The number of amides is 1. The van der Waals surface area contributed by atoms with E-state index in [9.17, 15) is 4.79 Å². The van der Waals surface area contributed by atoms with Gasteiger partial charge in [-0.2, -0.15) is 0 Å². The van der Waals surface area contributed by atoms with Crippen LogP contribution in [0.15, 0.2) is 30.3 Å². The standard InChI is InChI=1S/C16H27N3O/c1-4-19(14-15-8-6-5-7-9-15)16(20)10-11-17-12-13-18(2)3/h5-9,17H,4,10-14H2,1-3H3. The topological polar surface area (TPSA) is 35.6 Å². The number of nitrogens with zero attached hydrogens (tertiary/aromatic N) is 2. The van der Waals surface area contributed by atoms with E-state index in [1.54, 1.807) is 0 Å². The van der Waals surface area contributed by atoms with Crippen LogP contribution in [0, 0.1) is 0 Å². The molecule has 0 aromatic heterocycles. The molecule has 1 aromatic carbocycles. The molecule has 0 radical (unpaired) electrons. The van der Waals surface area contributed by atoms with Crippen molar-refractivity contribution < 1.29 is 4.79 Å². The second-order valence-corrected chi connectivity index (χ2v) is 5.20. The molecule has 1 aromatic rings. The van der Waals surface area contributed by atoms with E-state index in [4.69, 9.17) is 0 Å². The SMILES string of the molecule is CCN(Cc1ccccc1)C(=O)CCNCCN(C)C. The van der Waals surface area contributed by atoms with Crippen molar-refractivity contribution in [3.8, 4) is 0 Å². The molecule has 0 aliphatic rings. The van der Waals surface area contributed by atoms with Crippen LogP contribution in [0.3, 0.4) is 0 Å². The highest BCUT2D eigenvalue weighted by atomic mass is 16.2. The number of hydrogen-bond donors (Lipinski definition) is 1. The second-order valence-electron chi connectivity index (χ2n) is 5.20. The lowest BCUT2D eigenvalue weighted by Crippen LogP contribution is -2.34. The Bertz CT molecular complexity index is 379. The molecule has 1 N–H and O–H groups in total. The molecule has 0 unspecified atom stereocenters. The lowest BCUT2D eigenvalue weighted by molar-refractivity contribution is -0.131. The van der Waals surface area contributed by atoms with Gasteiger partial charge in [0.25, 0.3) is 0 Å². The Labute approximate surface area is 122 Å². The molecule has 0 heterocycles. The summed E-state index contributed by atoms with van der Waals surface area (Å²) in [6.07, 6.45) is 0.564. The van der Waals surface area contributed by atoms with Gasteiger partial charge in [0, 0.05) is 39.1 Å². The molecule has 0 saturated carbocycles. The zero-order valence-electron chi connectivity index (χ0n) is 12.9. The van der Waals surface area contributed by atoms with Gasteiger partial charge >= 0.3 is 0 Å². The molecule has 1 amide bonds. The third-order valence-electron chi connectivity index (χ3n) is 3.20. The fourth-order valence-electron chi connectivity index (χ4n) is 1.96. The first-order chi connectivity index (χ1) is 9.63. The number of carbonyl (C=O) groups is 1. The fourth-order valence-corrected chi connectivity index (χ4v) is 1.96. The summed E-state index contributed by atoms with van der Waals surface area (Å²) in [4.78, 5) is 16.2. The molecule has 0 aliphatic carbocycles. The summed E-state index contributed by atoms with van der Waals surface area (Å²) in [6, 6.07) is 10.1. The maximum absolute atomic E-state index is 12.2. The second kappa shape index (κ2) is 9.50. The predicted octanol–water partition coefficient (Wildman–Crippen LogP) is 1.58. The van der Waals surface area contributed by atoms with E-state index in [2.05, 4.69) is 22.3 Å². The van der Waals surface area contributed by atoms with Gasteiger partial charge in [-0.05, 0) is 26.6 Å². The van der Waals surface area contributed by atoms with E-state index in [1.807, 2.05) is 44.1 Å². The average molecular weight is 277 g/mol. The van der Waals surface area contributed by atoms with E-state index >= 15 is 0 Å². The lowest BCUT2D eigenvalue weighted by Gasteiger charge is -2.21. The summed E-state index contributed by atoms with van der Waals surface area (Å²) >= 11 is 0. The normalized spacial score (nSPS) is 10.8. The van der Waals surface area contributed by atoms with Gasteiger partial charge in [0.15, 0.2) is 0 Å². The van der Waals surface area contributed by atoms with Crippen molar-refractivity contribution in [2.24, 2.45) is 0 Å². The minimum Gasteiger partial charge on any atom is -0.339 e. The summed E-state index contributed by atoms with van der Waals surface area (Å²) in [5.74, 6) is 0.216. The predicted molar refractivity (Wildman–Crippen MR) is 83.6 cm³/mol. The highest BCUT2D eigenvalue weighted by molar-refractivity contribution is 5.76. The molecule has 0 aliphatic heterocycles. The van der Waals surface area contributed by atoms with Gasteiger partial charge in [-0.1, -0.05) is 30.3 Å². The first-order valence-electron chi connectivity index (χ1n) is 7.30. The largest absolute Gasteiger partial charge is 0.339 e. The smallest absolute Gasteiger partial charge is 0.224 e. The summed E-state index contributed by atoms with van der Waals surface area (Å²) in [6.45, 7) is 6.15. The van der Waals surface area contributed by atoms with Crippen molar-refractivity contribution in [1.82, 2.24) is 15.1 Å². The quantitative estimate of drug-likeness (QED) is 0.696. The van der Waals surface area contributed by atoms with Crippen molar-refractivity contribution >= 4 is 5.91 Å². The van der Waals surface area contributed by atoms with Crippen LogP contribution in [0.4, 0.5) is 0 Å². The minimum absolute atomic E-state index is 0.216. The first-order valence-corrected chi connectivity index (χ1v) is 7.30. The van der Waals surface area contributed by atoms with Crippen LogP contribution in [-0.2, 0) is 11.3 Å². The molecule has 4 heteroatoms. The zero-order chi connectivity index (χ0) is 14.8. The molecule has 4 nitrogen and oxygen atoms in total. The zero-order valence-corrected chi connectivity index (χ0v) is 12.9. The van der Waals surface area contributed by atoms with Gasteiger partial charge in [-0.25, -0.2) is 0 Å². The van der Waals surface area contributed by atoms with Crippen LogP contribution in [0.5, 0.6) is 0 Å². The van der Waals surface area contributed by atoms with Crippen LogP contribution in [0.25, 0.3) is 0 Å². The molecular weight excluding hydrogens is 250 g/mol. The third-order valence-corrected chi connectivity index (χ3v) is 3.20. The number of nitrogens with one attached hydrogen (secondary N) is 1. The van der Waals surface area contributed by atoms with Crippen LogP contribution in [0.2, 0.25) is 0 Å². The monoisotopic (exact) mass is 277 g/mol. The summed E-state index contributed by atoms with van der Waals surface area (Å²) in [7, 11) is 4.09. The number of benzene rings is 1. The summed E-state index contributed by atoms with van der Waals surface area (Å²) in [5, 5.41) is 3.30. The Morgan fingerprint density at radius 2 is 1.85 bits per heavy atom. The molecule has 0 bridgehead atoms. The highest BCUT2D eigenvalue weighted by Crippen LogP contribution is 2.05. The first kappa shape index (κ1) is 16.7. The van der Waals surface area contributed by atoms with Crippen LogP contribution >= 0.6 is 0 Å². The van der Waals surface area contributed by atoms with Crippen LogP contribution in [0.1, 0.15) is 18.9 Å². The van der Waals surface area contributed by atoms with Gasteiger partial charge in [-0.15, -0.1) is 0 Å². The number of rotatable bonds is 9. The molecule has 0 fully saturated rings. The molecule has 20 heavy (non-hydrogen) atoms. The third kappa shape index (κ3) is 6.68. The summed E-state index contributed by atoms with van der Waals surface area (Å²) < 4.78 is 0. The van der Waals surface area contributed by atoms with Crippen molar-refractivity contribution in [2.75, 3.05) is 40.3 Å². The average Bonchev–Trinajstić information content (AvgIpc) is 2.45. The van der Waals surface area contributed by atoms with Crippen molar-refractivity contribution in [1.29, 1.82) is 0 Å². The molecular formula is C16H27N3O. The maximum atomic E-state index is 12.2. The van der Waals surface area contributed by atoms with Gasteiger partial charge in [0.05, 0.1) is 0 Å². The number of hydrogen-bond acceptors (Lipinski definition) is 3. The van der Waals surface area contributed by atoms with Gasteiger partial charge in [0.2, 0.25) is 5.91 Å². The highest BCUT2D eigenvalue weighted by Gasteiger charge is 2.11. The van der Waals surface area contributed by atoms with E-state index in [0.29, 0.717) is 13.0 Å². The molecule has 1 rings (SSSR count). The lowest BCUT2D eigenvalue weighted by atomic mass is 10.2. The van der Waals surface area contributed by atoms with Crippen molar-refractivity contribution in [3.05, 3.63) is 35.9 Å². The van der Waals surface area contributed by atoms with E-state index in [0.717, 1.165) is 26.2 Å². The fraction of sp³-hybridized carbons (Fsp3) is 0.562. The Kier molecular flexibility index (Phi) is 7.92. The molecule has 0 spiro atoms. The van der Waals surface area contributed by atoms with Crippen molar-refractivity contribution in [3.63, 3.8) is 0 Å². The summed E-state index contributed by atoms with van der Waals surface area (Å²) in [5.41, 5.74) is 1.18. The van der Waals surface area contributed by atoms with Gasteiger partial charge < -0.3 is 15.1 Å². The van der Waals surface area contributed by atoms with E-state index in [-0.39, 0.29) is 5.91 Å². The van der Waals surface area contributed by atoms with E-state index < -0.39 is 0 Å². The Hall–Kier alpha value is -1.39. The Balaban J connectivity index is 2.29. The van der Waals surface area contributed by atoms with Gasteiger partial charge in [0.1, 0.15) is 0 Å². The Morgan fingerprint density at radius 1 is 1.15 bits per heavy atom. The number of carbonyl (C=O) groups excluding carboxylic acids is 1.